The number of piperidine rings is 1. The van der Waals surface area contributed by atoms with Crippen LogP contribution in [0, 0.1) is 22.2 Å². The molecule has 0 bridgehead atoms. The lowest BCUT2D eigenvalue weighted by molar-refractivity contribution is -0.153. The van der Waals surface area contributed by atoms with Crippen LogP contribution in [0.25, 0.3) is 0 Å². The molecule has 16 heteroatoms. The summed E-state index contributed by atoms with van der Waals surface area (Å²) in [6.07, 6.45) is 3.08. The molecule has 3 heterocycles. The number of Topliss-reactive ketones (excluding diaryl/α,β-unsaturated/α-hetero) is 1. The van der Waals surface area contributed by atoms with Gasteiger partial charge in [0.05, 0.1) is 18.6 Å². The monoisotopic (exact) mass is 847 g/mol. The summed E-state index contributed by atoms with van der Waals surface area (Å²) in [4.78, 5) is 113. The molecule has 0 aromatic heterocycles. The second-order valence-corrected chi connectivity index (χ2v) is 20.8. The molecule has 16 nitrogen and oxygen atoms in total. The normalized spacial score (nSPS) is 23.0. The van der Waals surface area contributed by atoms with E-state index in [1.165, 1.54) is 9.80 Å². The van der Waals surface area contributed by atoms with Gasteiger partial charge in [0.1, 0.15) is 18.2 Å². The van der Waals surface area contributed by atoms with Crippen LogP contribution in [0.1, 0.15) is 118 Å². The summed E-state index contributed by atoms with van der Waals surface area (Å²) in [6.45, 7) is 15.2. The highest BCUT2D eigenvalue weighted by molar-refractivity contribution is 6.38. The van der Waals surface area contributed by atoms with Crippen molar-refractivity contribution < 1.29 is 43.1 Å². The average molecular weight is 848 g/mol. The third-order valence-electron chi connectivity index (χ3n) is 12.5. The Morgan fingerprint density at radius 1 is 0.852 bits per heavy atom. The van der Waals surface area contributed by atoms with Crippen LogP contribution in [0.3, 0.4) is 0 Å². The number of carbonyl (C=O) groups excluding carboxylic acids is 8. The molecular weight excluding hydrogens is 783 g/mol. The van der Waals surface area contributed by atoms with Crippen molar-refractivity contribution in [1.82, 2.24) is 36.0 Å². The third-order valence-corrected chi connectivity index (χ3v) is 12.5. The first-order valence-electron chi connectivity index (χ1n) is 21.9. The Morgan fingerprint density at radius 2 is 1.49 bits per heavy atom. The first-order valence-corrected chi connectivity index (χ1v) is 21.9. The maximum Gasteiger partial charge on any atom is 0.410 e. The molecule has 1 aromatic rings. The lowest BCUT2D eigenvalue weighted by Gasteiger charge is -2.40. The number of urea groups is 1. The number of imide groups is 1. The van der Waals surface area contributed by atoms with Gasteiger partial charge in [-0.15, -0.1) is 0 Å². The molecule has 0 radical (unpaired) electrons. The first kappa shape index (κ1) is 45.5. The van der Waals surface area contributed by atoms with Crippen LogP contribution in [-0.2, 0) is 46.5 Å². The fourth-order valence-corrected chi connectivity index (χ4v) is 8.35. The zero-order valence-corrected chi connectivity index (χ0v) is 37.1. The van der Waals surface area contributed by atoms with E-state index < -0.39 is 82.1 Å². The molecule has 8 amide bonds. The molecule has 5 aliphatic rings. The zero-order valence-electron chi connectivity index (χ0n) is 37.1. The SMILES string of the molecule is CC1(C)CC(=O)N(C[C@@H](NC(=O)N[C@H](C(=O)N2C[C@H](OC(=O)N3CCc4ccccc4C3)C[C@H]2C(=O)NC(CC2CC2)C(=O)C(=O)NC2CC2)C(C)(C)C)C(C)(C)C)C(=O)C1. The van der Waals surface area contributed by atoms with Gasteiger partial charge < -0.3 is 35.8 Å². The summed E-state index contributed by atoms with van der Waals surface area (Å²) in [7, 11) is 0. The van der Waals surface area contributed by atoms with Crippen LogP contribution in [0.4, 0.5) is 9.59 Å². The van der Waals surface area contributed by atoms with Gasteiger partial charge in [-0.3, -0.25) is 33.7 Å². The van der Waals surface area contributed by atoms with Crippen molar-refractivity contribution in [3.63, 3.8) is 0 Å². The number of amides is 8. The molecule has 1 unspecified atom stereocenters. The number of rotatable bonds is 13. The van der Waals surface area contributed by atoms with Crippen molar-refractivity contribution in [2.45, 2.75) is 156 Å². The van der Waals surface area contributed by atoms with Gasteiger partial charge in [-0.05, 0) is 59.0 Å². The van der Waals surface area contributed by atoms with E-state index >= 15 is 0 Å². The maximum atomic E-state index is 14.8. The lowest BCUT2D eigenvalue weighted by Crippen LogP contribution is -2.62. The summed E-state index contributed by atoms with van der Waals surface area (Å²) in [5.41, 5.74) is 0.179. The summed E-state index contributed by atoms with van der Waals surface area (Å²) >= 11 is 0. The van der Waals surface area contributed by atoms with Crippen molar-refractivity contribution in [2.24, 2.45) is 22.2 Å². The minimum atomic E-state index is -1.20. The number of nitrogens with one attached hydrogen (secondary N) is 4. The Hall–Kier alpha value is -5.02. The fraction of sp³-hybridized carbons (Fsp3) is 0.689. The highest BCUT2D eigenvalue weighted by Crippen LogP contribution is 2.35. The molecular formula is C45H65N7O9. The summed E-state index contributed by atoms with van der Waals surface area (Å²) in [5, 5.41) is 11.3. The van der Waals surface area contributed by atoms with Crippen LogP contribution >= 0.6 is 0 Å². The van der Waals surface area contributed by atoms with Gasteiger partial charge in [-0.25, -0.2) is 9.59 Å². The second-order valence-electron chi connectivity index (χ2n) is 20.8. The highest BCUT2D eigenvalue weighted by Gasteiger charge is 2.48. The Morgan fingerprint density at radius 3 is 2.08 bits per heavy atom. The lowest BCUT2D eigenvalue weighted by atomic mass is 9.80. The summed E-state index contributed by atoms with van der Waals surface area (Å²) in [5.74, 6) is -3.23. The zero-order chi connectivity index (χ0) is 44.6. The van der Waals surface area contributed by atoms with Gasteiger partial charge in [0, 0.05) is 44.9 Å². The van der Waals surface area contributed by atoms with Crippen LogP contribution in [0.2, 0.25) is 0 Å². The van der Waals surface area contributed by atoms with Crippen molar-refractivity contribution in [1.29, 1.82) is 0 Å². The Bertz CT molecular complexity index is 1890. The molecule has 5 atom stereocenters. The Labute approximate surface area is 359 Å². The molecule has 4 N–H and O–H groups in total. The van der Waals surface area contributed by atoms with E-state index in [0.29, 0.717) is 19.5 Å². The van der Waals surface area contributed by atoms with Crippen molar-refractivity contribution >= 4 is 47.4 Å². The molecule has 4 fully saturated rings. The highest BCUT2D eigenvalue weighted by atomic mass is 16.6. The average Bonchev–Trinajstić information content (AvgIpc) is 4.11. The van der Waals surface area contributed by atoms with E-state index in [0.717, 1.165) is 36.8 Å². The number of fused-ring (bicyclic) bond motifs is 1. The van der Waals surface area contributed by atoms with Crippen LogP contribution in [0.15, 0.2) is 24.3 Å². The van der Waals surface area contributed by atoms with Gasteiger partial charge in [-0.2, -0.15) is 0 Å². The predicted octanol–water partition coefficient (Wildman–Crippen LogP) is 3.59. The fourth-order valence-electron chi connectivity index (χ4n) is 8.35. The van der Waals surface area contributed by atoms with Gasteiger partial charge in [0.25, 0.3) is 5.91 Å². The van der Waals surface area contributed by atoms with Crippen LogP contribution < -0.4 is 21.3 Å². The quantitative estimate of drug-likeness (QED) is 0.169. The summed E-state index contributed by atoms with van der Waals surface area (Å²) < 4.78 is 6.00. The Kier molecular flexibility index (Phi) is 13.2. The standard InChI is InChI=1S/C45H65N7O9/c1-43(2,3)33(25-52-34(53)21-45(7,8)22-35(52)54)48-41(59)49-37(44(4,5)6)40(58)51-24-30(61-42(60)50-18-17-27-11-9-10-12-28(27)23-50)20-32(51)38(56)47-31(19-26-13-14-26)36(55)39(57)46-29-15-16-29/h9-12,26,29-33,37H,13-25H2,1-8H3,(H,46,57)(H,47,56)(H2,48,49,59)/t30-,31?,32+,33-,37-/m1/s1. The minimum absolute atomic E-state index is 0.0533. The molecule has 334 valence electrons. The largest absolute Gasteiger partial charge is 0.444 e. The number of nitrogens with zero attached hydrogens (tertiary/aromatic N) is 3. The van der Waals surface area contributed by atoms with Gasteiger partial charge in [0.2, 0.25) is 29.4 Å². The molecule has 3 aliphatic heterocycles. The number of benzene rings is 1. The number of hydrogen-bond donors (Lipinski definition) is 4. The number of carbonyl (C=O) groups is 8. The van der Waals surface area contributed by atoms with E-state index in [4.69, 9.17) is 4.74 Å². The molecule has 6 rings (SSSR count). The molecule has 1 aromatic carbocycles. The number of likely N-dealkylation sites (tertiary alicyclic amines) is 2. The second kappa shape index (κ2) is 17.8. The number of hydrogen-bond acceptors (Lipinski definition) is 9. The smallest absolute Gasteiger partial charge is 0.410 e. The van der Waals surface area contributed by atoms with E-state index in [9.17, 15) is 38.4 Å². The molecule has 2 saturated heterocycles. The predicted molar refractivity (Wildman–Crippen MR) is 224 cm³/mol. The number of ether oxygens (including phenoxy) is 1. The first-order chi connectivity index (χ1) is 28.5. The van der Waals surface area contributed by atoms with E-state index in [1.807, 2.05) is 58.9 Å². The molecule has 2 aliphatic carbocycles. The third kappa shape index (κ3) is 11.7. The van der Waals surface area contributed by atoms with Gasteiger partial charge >= 0.3 is 12.1 Å². The van der Waals surface area contributed by atoms with E-state index in [1.54, 1.807) is 25.7 Å². The van der Waals surface area contributed by atoms with E-state index in [-0.39, 0.29) is 62.5 Å². The van der Waals surface area contributed by atoms with Crippen LogP contribution in [-0.4, -0.2) is 118 Å². The topological polar surface area (TPSA) is 204 Å². The van der Waals surface area contributed by atoms with E-state index in [2.05, 4.69) is 21.3 Å². The minimum Gasteiger partial charge on any atom is -0.444 e. The Balaban J connectivity index is 1.20. The molecule has 61 heavy (non-hydrogen) atoms. The van der Waals surface area contributed by atoms with Gasteiger partial charge in [0.15, 0.2) is 0 Å². The molecule has 2 saturated carbocycles. The maximum absolute atomic E-state index is 14.8. The van der Waals surface area contributed by atoms with Crippen molar-refractivity contribution in [3.8, 4) is 0 Å². The number of ketones is 1. The summed E-state index contributed by atoms with van der Waals surface area (Å²) in [6, 6.07) is 2.89. The van der Waals surface area contributed by atoms with Crippen molar-refractivity contribution in [3.05, 3.63) is 35.4 Å². The van der Waals surface area contributed by atoms with Crippen LogP contribution in [0.5, 0.6) is 0 Å². The van der Waals surface area contributed by atoms with Crippen molar-refractivity contribution in [2.75, 3.05) is 19.6 Å². The molecule has 0 spiro atoms. The van der Waals surface area contributed by atoms with Gasteiger partial charge in [-0.1, -0.05) is 92.5 Å².